The molecule has 2 aliphatic heterocycles. The van der Waals surface area contributed by atoms with Gasteiger partial charge in [0.25, 0.3) is 5.91 Å². The number of benzene rings is 1. The first-order valence-electron chi connectivity index (χ1n) is 8.92. The summed E-state index contributed by atoms with van der Waals surface area (Å²) in [6.07, 6.45) is 4.59. The van der Waals surface area contributed by atoms with Gasteiger partial charge in [0.2, 0.25) is 0 Å². The lowest BCUT2D eigenvalue weighted by molar-refractivity contribution is 0.0493. The van der Waals surface area contributed by atoms with E-state index in [0.29, 0.717) is 28.2 Å². The average molecular weight is 385 g/mol. The number of carbonyl (C=O) groups is 1. The van der Waals surface area contributed by atoms with Crippen molar-refractivity contribution < 1.29 is 19.0 Å². The highest BCUT2D eigenvalue weighted by atomic mass is 35.5. The molecule has 1 spiro atoms. The zero-order valence-electron chi connectivity index (χ0n) is 15.8. The molecule has 0 unspecified atom stereocenters. The van der Waals surface area contributed by atoms with Gasteiger partial charge >= 0.3 is 0 Å². The van der Waals surface area contributed by atoms with Crippen molar-refractivity contribution in [1.29, 1.82) is 0 Å². The number of nitrogens with zero attached hydrogens (tertiary/aromatic N) is 1. The molecule has 6 nitrogen and oxygen atoms in total. The molecule has 0 radical (unpaired) electrons. The average Bonchev–Trinajstić information content (AvgIpc) is 2.67. The van der Waals surface area contributed by atoms with Gasteiger partial charge in [0, 0.05) is 25.2 Å². The third kappa shape index (κ3) is 4.01. The SMILES string of the molecule is COc1cc(OC)c(C(=O)N2CCC3(CCNCC3)CC2)cc1OC.Cl. The van der Waals surface area contributed by atoms with E-state index in [0.717, 1.165) is 39.0 Å². The molecule has 0 atom stereocenters. The molecule has 146 valence electrons. The molecule has 2 aliphatic rings. The fourth-order valence-electron chi connectivity index (χ4n) is 4.01. The van der Waals surface area contributed by atoms with Crippen molar-refractivity contribution in [3.8, 4) is 17.2 Å². The number of hydrogen-bond acceptors (Lipinski definition) is 5. The smallest absolute Gasteiger partial charge is 0.257 e. The van der Waals surface area contributed by atoms with E-state index in [1.165, 1.54) is 12.8 Å². The van der Waals surface area contributed by atoms with Gasteiger partial charge in [-0.2, -0.15) is 0 Å². The molecule has 2 saturated heterocycles. The van der Waals surface area contributed by atoms with E-state index in [9.17, 15) is 4.79 Å². The molecule has 0 aliphatic carbocycles. The normalized spacial score (nSPS) is 18.8. The van der Waals surface area contributed by atoms with Crippen LogP contribution in [0.1, 0.15) is 36.0 Å². The maximum absolute atomic E-state index is 13.1. The third-order valence-corrected chi connectivity index (χ3v) is 5.71. The summed E-state index contributed by atoms with van der Waals surface area (Å²) in [5.74, 6) is 1.62. The molecule has 1 aromatic rings. The topological polar surface area (TPSA) is 60.0 Å². The second-order valence-corrected chi connectivity index (χ2v) is 6.95. The van der Waals surface area contributed by atoms with Crippen LogP contribution in [0.5, 0.6) is 17.2 Å². The minimum absolute atomic E-state index is 0. The lowest BCUT2D eigenvalue weighted by Crippen LogP contribution is -2.47. The number of piperidine rings is 2. The molecular formula is C19H29ClN2O4. The molecule has 7 heteroatoms. The predicted molar refractivity (Wildman–Crippen MR) is 103 cm³/mol. The lowest BCUT2D eigenvalue weighted by Gasteiger charge is -2.44. The zero-order valence-corrected chi connectivity index (χ0v) is 16.6. The molecule has 3 rings (SSSR count). The van der Waals surface area contributed by atoms with Crippen molar-refractivity contribution in [2.45, 2.75) is 25.7 Å². The summed E-state index contributed by atoms with van der Waals surface area (Å²) in [5, 5.41) is 3.43. The van der Waals surface area contributed by atoms with Gasteiger partial charge in [-0.05, 0) is 44.2 Å². The summed E-state index contributed by atoms with van der Waals surface area (Å²) < 4.78 is 16.1. The van der Waals surface area contributed by atoms with Crippen LogP contribution in [0.25, 0.3) is 0 Å². The number of rotatable bonds is 4. The van der Waals surface area contributed by atoms with E-state index < -0.39 is 0 Å². The van der Waals surface area contributed by atoms with Gasteiger partial charge in [-0.3, -0.25) is 4.79 Å². The highest BCUT2D eigenvalue weighted by Gasteiger charge is 2.37. The highest BCUT2D eigenvalue weighted by molar-refractivity contribution is 5.98. The minimum atomic E-state index is 0. The van der Waals surface area contributed by atoms with Crippen molar-refractivity contribution in [2.75, 3.05) is 47.5 Å². The van der Waals surface area contributed by atoms with Gasteiger partial charge in [-0.25, -0.2) is 0 Å². The number of halogens is 1. The van der Waals surface area contributed by atoms with Gasteiger partial charge in [0.15, 0.2) is 11.5 Å². The van der Waals surface area contributed by atoms with Crippen molar-refractivity contribution >= 4 is 18.3 Å². The van der Waals surface area contributed by atoms with E-state index in [1.807, 2.05) is 4.90 Å². The van der Waals surface area contributed by atoms with E-state index in [4.69, 9.17) is 14.2 Å². The largest absolute Gasteiger partial charge is 0.496 e. The van der Waals surface area contributed by atoms with Crippen molar-refractivity contribution in [3.63, 3.8) is 0 Å². The van der Waals surface area contributed by atoms with E-state index in [-0.39, 0.29) is 18.3 Å². The maximum atomic E-state index is 13.1. The van der Waals surface area contributed by atoms with Crippen LogP contribution >= 0.6 is 12.4 Å². The van der Waals surface area contributed by atoms with Crippen LogP contribution in [0.3, 0.4) is 0 Å². The second kappa shape index (κ2) is 8.82. The van der Waals surface area contributed by atoms with Crippen LogP contribution in [-0.4, -0.2) is 58.3 Å². The fraction of sp³-hybridized carbons (Fsp3) is 0.632. The van der Waals surface area contributed by atoms with Crippen molar-refractivity contribution in [3.05, 3.63) is 17.7 Å². The first-order chi connectivity index (χ1) is 12.1. The molecule has 0 bridgehead atoms. The number of ether oxygens (including phenoxy) is 3. The molecule has 2 heterocycles. The van der Waals surface area contributed by atoms with E-state index >= 15 is 0 Å². The molecule has 0 saturated carbocycles. The summed E-state index contributed by atoms with van der Waals surface area (Å²) in [4.78, 5) is 15.0. The molecule has 1 aromatic carbocycles. The molecule has 0 aromatic heterocycles. The monoisotopic (exact) mass is 384 g/mol. The van der Waals surface area contributed by atoms with E-state index in [2.05, 4.69) is 5.32 Å². The summed E-state index contributed by atoms with van der Waals surface area (Å²) in [7, 11) is 4.71. The minimum Gasteiger partial charge on any atom is -0.496 e. The third-order valence-electron chi connectivity index (χ3n) is 5.71. The number of methoxy groups -OCH3 is 3. The first kappa shape index (κ1) is 20.6. The van der Waals surface area contributed by atoms with Gasteiger partial charge < -0.3 is 24.4 Å². The zero-order chi connectivity index (χ0) is 17.9. The van der Waals surface area contributed by atoms with E-state index in [1.54, 1.807) is 33.5 Å². The van der Waals surface area contributed by atoms with Crippen LogP contribution < -0.4 is 19.5 Å². The molecular weight excluding hydrogens is 356 g/mol. The number of nitrogens with one attached hydrogen (secondary N) is 1. The Labute approximate surface area is 161 Å². The quantitative estimate of drug-likeness (QED) is 0.864. The van der Waals surface area contributed by atoms with Crippen LogP contribution in [0.4, 0.5) is 0 Å². The van der Waals surface area contributed by atoms with Gasteiger partial charge in [-0.15, -0.1) is 12.4 Å². The number of likely N-dealkylation sites (tertiary alicyclic amines) is 1. The van der Waals surface area contributed by atoms with Crippen LogP contribution in [0.2, 0.25) is 0 Å². The standard InChI is InChI=1S/C19H28N2O4.ClH/c1-23-15-13-17(25-3)16(24-2)12-14(15)18(22)21-10-6-19(7-11-21)4-8-20-9-5-19;/h12-13,20H,4-11H2,1-3H3;1H. The Hall–Kier alpha value is -1.66. The van der Waals surface area contributed by atoms with Crippen LogP contribution in [0.15, 0.2) is 12.1 Å². The Morgan fingerprint density at radius 1 is 0.923 bits per heavy atom. The Morgan fingerprint density at radius 2 is 1.46 bits per heavy atom. The van der Waals surface area contributed by atoms with Gasteiger partial charge in [0.05, 0.1) is 26.9 Å². The summed E-state index contributed by atoms with van der Waals surface area (Å²) in [5.41, 5.74) is 0.949. The molecule has 2 fully saturated rings. The number of hydrogen-bond donors (Lipinski definition) is 1. The molecule has 26 heavy (non-hydrogen) atoms. The number of carbonyl (C=O) groups excluding carboxylic acids is 1. The first-order valence-corrected chi connectivity index (χ1v) is 8.92. The highest BCUT2D eigenvalue weighted by Crippen LogP contribution is 2.41. The van der Waals surface area contributed by atoms with Crippen molar-refractivity contribution in [2.24, 2.45) is 5.41 Å². The Morgan fingerprint density at radius 3 is 2.00 bits per heavy atom. The van der Waals surface area contributed by atoms with Crippen molar-refractivity contribution in [1.82, 2.24) is 10.2 Å². The lowest BCUT2D eigenvalue weighted by atomic mass is 9.71. The Bertz CT molecular complexity index is 622. The van der Waals surface area contributed by atoms with Crippen LogP contribution in [0, 0.1) is 5.41 Å². The summed E-state index contributed by atoms with van der Waals surface area (Å²) in [6.45, 7) is 3.79. The molecule has 1 amide bonds. The summed E-state index contributed by atoms with van der Waals surface area (Å²) in [6, 6.07) is 3.43. The maximum Gasteiger partial charge on any atom is 0.257 e. The molecule has 1 N–H and O–H groups in total. The summed E-state index contributed by atoms with van der Waals surface area (Å²) >= 11 is 0. The fourth-order valence-corrected chi connectivity index (χ4v) is 4.01. The Kier molecular flexibility index (Phi) is 7.01. The van der Waals surface area contributed by atoms with Gasteiger partial charge in [-0.1, -0.05) is 0 Å². The number of amides is 1. The predicted octanol–water partition coefficient (Wildman–Crippen LogP) is 2.74. The van der Waals surface area contributed by atoms with Gasteiger partial charge in [0.1, 0.15) is 5.75 Å². The second-order valence-electron chi connectivity index (χ2n) is 6.95. The van der Waals surface area contributed by atoms with Crippen LogP contribution in [-0.2, 0) is 0 Å². The Balaban J connectivity index is 0.00000243.